The maximum Gasteiger partial charge on any atom is 0.158 e. The Bertz CT molecular complexity index is 385. The molecule has 1 atom stereocenters. The molecule has 0 aromatic carbocycles. The largest absolute Gasteiger partial charge is 0.377 e. The van der Waals surface area contributed by atoms with E-state index in [4.69, 9.17) is 4.74 Å². The van der Waals surface area contributed by atoms with Gasteiger partial charge in [0.2, 0.25) is 0 Å². The van der Waals surface area contributed by atoms with E-state index in [0.717, 1.165) is 24.6 Å². The number of aromatic nitrogens is 2. The van der Waals surface area contributed by atoms with E-state index in [1.165, 1.54) is 0 Å². The molecule has 0 saturated carbocycles. The molecule has 0 saturated heterocycles. The molecule has 0 spiro atoms. The van der Waals surface area contributed by atoms with E-state index in [-0.39, 0.29) is 0 Å². The van der Waals surface area contributed by atoms with E-state index in [1.807, 2.05) is 6.07 Å². The molecule has 0 radical (unpaired) electrons. The molecule has 5 heteroatoms. The number of nitrogens with one attached hydrogen (secondary N) is 1. The lowest BCUT2D eigenvalue weighted by Crippen LogP contribution is -2.31. The van der Waals surface area contributed by atoms with Crippen molar-refractivity contribution < 1.29 is 4.74 Å². The summed E-state index contributed by atoms with van der Waals surface area (Å²) in [5, 5.41) is 3.25. The minimum atomic E-state index is 0.429. The maximum atomic E-state index is 5.15. The highest BCUT2D eigenvalue weighted by Gasteiger charge is 2.15. The lowest BCUT2D eigenvalue weighted by Gasteiger charge is -2.28. The molecule has 5 nitrogen and oxygen atoms in total. The molecule has 1 aromatic heterocycles. The molecule has 1 rings (SSSR count). The molecule has 1 N–H and O–H groups in total. The second-order valence-electron chi connectivity index (χ2n) is 5.58. The average molecular weight is 280 g/mol. The first-order chi connectivity index (χ1) is 9.47. The fraction of sp³-hybridized carbons (Fsp3) is 0.733. The number of methoxy groups -OCH3 is 1. The van der Waals surface area contributed by atoms with Crippen LogP contribution in [0.1, 0.15) is 39.9 Å². The van der Waals surface area contributed by atoms with Crippen molar-refractivity contribution in [3.8, 4) is 0 Å². The Kier molecular flexibility index (Phi) is 6.71. The molecule has 0 aliphatic carbocycles. The number of nitrogens with zero attached hydrogens (tertiary/aromatic N) is 3. The van der Waals surface area contributed by atoms with Crippen molar-refractivity contribution in [3.05, 3.63) is 11.9 Å². The number of hydrogen-bond acceptors (Lipinski definition) is 5. The van der Waals surface area contributed by atoms with Crippen LogP contribution < -0.4 is 10.2 Å². The van der Waals surface area contributed by atoms with Crippen molar-refractivity contribution >= 4 is 11.6 Å². The van der Waals surface area contributed by atoms with Gasteiger partial charge < -0.3 is 15.0 Å². The lowest BCUT2D eigenvalue weighted by molar-refractivity contribution is 0.178. The van der Waals surface area contributed by atoms with Gasteiger partial charge in [-0.25, -0.2) is 9.97 Å². The zero-order chi connectivity index (χ0) is 15.1. The smallest absolute Gasteiger partial charge is 0.158 e. The van der Waals surface area contributed by atoms with Crippen LogP contribution in [0.4, 0.5) is 11.6 Å². The molecule has 1 heterocycles. The Hall–Kier alpha value is -1.36. The van der Waals surface area contributed by atoms with Gasteiger partial charge in [-0.2, -0.15) is 0 Å². The Balaban J connectivity index is 2.96. The first-order valence-corrected chi connectivity index (χ1v) is 7.31. The summed E-state index contributed by atoms with van der Waals surface area (Å²) in [4.78, 5) is 11.2. The van der Waals surface area contributed by atoms with E-state index in [2.05, 4.69) is 54.9 Å². The molecule has 114 valence electrons. The average Bonchev–Trinajstić information content (AvgIpc) is 2.37. The summed E-state index contributed by atoms with van der Waals surface area (Å²) in [6.07, 6.45) is 1.14. The Morgan fingerprint density at radius 1 is 1.30 bits per heavy atom. The molecule has 0 aliphatic rings. The van der Waals surface area contributed by atoms with Gasteiger partial charge in [0.25, 0.3) is 0 Å². The Morgan fingerprint density at radius 2 is 2.00 bits per heavy atom. The fourth-order valence-electron chi connectivity index (χ4n) is 2.20. The molecule has 20 heavy (non-hydrogen) atoms. The zero-order valence-corrected chi connectivity index (χ0v) is 13.6. The van der Waals surface area contributed by atoms with Crippen molar-refractivity contribution in [3.63, 3.8) is 0 Å². The van der Waals surface area contributed by atoms with Crippen LogP contribution in [-0.4, -0.2) is 36.7 Å². The molecule has 0 amide bonds. The topological polar surface area (TPSA) is 50.3 Å². The highest BCUT2D eigenvalue weighted by Crippen LogP contribution is 2.20. The highest BCUT2D eigenvalue weighted by atomic mass is 16.5. The summed E-state index contributed by atoms with van der Waals surface area (Å²) < 4.78 is 5.15. The highest BCUT2D eigenvalue weighted by molar-refractivity contribution is 5.49. The van der Waals surface area contributed by atoms with Crippen LogP contribution in [0.15, 0.2) is 6.07 Å². The quantitative estimate of drug-likeness (QED) is 0.793. The minimum absolute atomic E-state index is 0.429. The fourth-order valence-corrected chi connectivity index (χ4v) is 2.20. The molecule has 0 aliphatic heterocycles. The third-order valence-corrected chi connectivity index (χ3v) is 3.23. The van der Waals surface area contributed by atoms with E-state index >= 15 is 0 Å². The third kappa shape index (κ3) is 4.96. The van der Waals surface area contributed by atoms with Gasteiger partial charge in [-0.15, -0.1) is 0 Å². The summed E-state index contributed by atoms with van der Waals surface area (Å²) in [7, 11) is 3.75. The van der Waals surface area contributed by atoms with Crippen LogP contribution in [0.5, 0.6) is 0 Å². The van der Waals surface area contributed by atoms with Crippen LogP contribution in [0.3, 0.4) is 0 Å². The molecular weight excluding hydrogens is 252 g/mol. The SMILES string of the molecule is CCNc1cc(N(C)C(C)CC(C)C)nc(COC)n1. The van der Waals surface area contributed by atoms with E-state index in [1.54, 1.807) is 7.11 Å². The molecule has 0 fully saturated rings. The van der Waals surface area contributed by atoms with Crippen LogP contribution in [0.25, 0.3) is 0 Å². The first-order valence-electron chi connectivity index (χ1n) is 7.31. The van der Waals surface area contributed by atoms with Crippen molar-refractivity contribution in [1.29, 1.82) is 0 Å². The van der Waals surface area contributed by atoms with Crippen molar-refractivity contribution in [1.82, 2.24) is 9.97 Å². The van der Waals surface area contributed by atoms with Crippen molar-refractivity contribution in [2.24, 2.45) is 5.92 Å². The monoisotopic (exact) mass is 280 g/mol. The lowest BCUT2D eigenvalue weighted by atomic mass is 10.0. The van der Waals surface area contributed by atoms with Crippen molar-refractivity contribution in [2.75, 3.05) is 30.9 Å². The van der Waals surface area contributed by atoms with E-state index < -0.39 is 0 Å². The van der Waals surface area contributed by atoms with Crippen LogP contribution in [0, 0.1) is 5.92 Å². The Labute approximate surface area is 122 Å². The summed E-state index contributed by atoms with van der Waals surface area (Å²) in [6.45, 7) is 10.0. The normalized spacial score (nSPS) is 12.6. The molecule has 0 bridgehead atoms. The number of rotatable bonds is 8. The van der Waals surface area contributed by atoms with Gasteiger partial charge in [0.1, 0.15) is 18.2 Å². The van der Waals surface area contributed by atoms with Crippen molar-refractivity contribution in [2.45, 2.75) is 46.8 Å². The minimum Gasteiger partial charge on any atom is -0.377 e. The van der Waals surface area contributed by atoms with Gasteiger partial charge in [-0.05, 0) is 26.2 Å². The zero-order valence-electron chi connectivity index (χ0n) is 13.6. The van der Waals surface area contributed by atoms with Crippen LogP contribution >= 0.6 is 0 Å². The molecule has 1 unspecified atom stereocenters. The number of ether oxygens (including phenoxy) is 1. The predicted octanol–water partition coefficient (Wildman–Crippen LogP) is 2.93. The van der Waals surface area contributed by atoms with E-state index in [9.17, 15) is 0 Å². The van der Waals surface area contributed by atoms with Gasteiger partial charge in [-0.1, -0.05) is 13.8 Å². The van der Waals surface area contributed by atoms with Gasteiger partial charge in [0, 0.05) is 32.8 Å². The van der Waals surface area contributed by atoms with Crippen LogP contribution in [-0.2, 0) is 11.3 Å². The first kappa shape index (κ1) is 16.7. The van der Waals surface area contributed by atoms with E-state index in [0.29, 0.717) is 24.4 Å². The predicted molar refractivity (Wildman–Crippen MR) is 84.2 cm³/mol. The second-order valence-corrected chi connectivity index (χ2v) is 5.58. The van der Waals surface area contributed by atoms with Gasteiger partial charge in [-0.3, -0.25) is 0 Å². The van der Waals surface area contributed by atoms with Gasteiger partial charge >= 0.3 is 0 Å². The third-order valence-electron chi connectivity index (χ3n) is 3.23. The summed E-state index contributed by atoms with van der Waals surface area (Å²) in [5.41, 5.74) is 0. The Morgan fingerprint density at radius 3 is 2.55 bits per heavy atom. The maximum absolute atomic E-state index is 5.15. The van der Waals surface area contributed by atoms with Gasteiger partial charge in [0.05, 0.1) is 0 Å². The summed E-state index contributed by atoms with van der Waals surface area (Å²) in [5.74, 6) is 3.18. The standard InChI is InChI=1S/C15H28N4O/c1-7-16-13-9-15(18-14(17-13)10-20-6)19(5)12(4)8-11(2)3/h9,11-12H,7-8,10H2,1-6H3,(H,16,17,18). The second kappa shape index (κ2) is 8.04. The number of hydrogen-bond donors (Lipinski definition) is 1. The number of anilines is 2. The van der Waals surface area contributed by atoms with Crippen LogP contribution in [0.2, 0.25) is 0 Å². The molecular formula is C15H28N4O. The van der Waals surface area contributed by atoms with Gasteiger partial charge in [0.15, 0.2) is 5.82 Å². The summed E-state index contributed by atoms with van der Waals surface area (Å²) in [6, 6.07) is 2.44. The summed E-state index contributed by atoms with van der Waals surface area (Å²) >= 11 is 0. The molecule has 1 aromatic rings.